The van der Waals surface area contributed by atoms with Crippen LogP contribution in [0.1, 0.15) is 33.4 Å². The molecule has 0 aromatic heterocycles. The Labute approximate surface area is 440 Å². The van der Waals surface area contributed by atoms with Gasteiger partial charge in [-0.25, -0.2) is 0 Å². The van der Waals surface area contributed by atoms with Crippen molar-refractivity contribution in [2.75, 3.05) is 19.6 Å². The van der Waals surface area contributed by atoms with Gasteiger partial charge >= 0.3 is 443 Å². The van der Waals surface area contributed by atoms with Crippen molar-refractivity contribution in [2.24, 2.45) is 0 Å². The van der Waals surface area contributed by atoms with Crippen molar-refractivity contribution in [1.82, 2.24) is 0 Å². The van der Waals surface area contributed by atoms with E-state index in [0.717, 1.165) is 71.2 Å². The molecule has 0 N–H and O–H groups in total. The van der Waals surface area contributed by atoms with Crippen LogP contribution in [0.15, 0.2) is 206 Å². The van der Waals surface area contributed by atoms with Crippen molar-refractivity contribution in [3.8, 4) is 56.0 Å². The summed E-state index contributed by atoms with van der Waals surface area (Å²) in [5.41, 5.74) is 25.8. The minimum absolute atomic E-state index is 0.635. The molecule has 9 heterocycles. The Morgan fingerprint density at radius 3 is 0.986 bits per heavy atom. The average Bonchev–Trinajstić information content (AvgIpc) is 3.94. The second-order valence-corrected chi connectivity index (χ2v) is 22.6. The molecule has 16 bridgehead atoms. The fourth-order valence-electron chi connectivity index (χ4n) is 11.6. The zero-order valence-corrected chi connectivity index (χ0v) is 43.2. The van der Waals surface area contributed by atoms with Gasteiger partial charge in [0.1, 0.15) is 0 Å². The van der Waals surface area contributed by atoms with Gasteiger partial charge in [0, 0.05) is 0 Å². The van der Waals surface area contributed by atoms with Crippen molar-refractivity contribution in [2.45, 2.75) is 39.5 Å². The standard InChI is InChI=1S/C68H48N4O.Pt/c1-45-37-59-51-29-21-47(22-30-51)17-19-49-25-33-53(34-26-49)61-39-46(2)40-62-54-35-27-50(28-36-54)20-18-48-23-31-52(32-24-48)60(38-45)67(59)71-43-69(63-13-3-5-15-65(63)71)55-9-7-11-57(41-55)73-58-12-8-10-56(42-58)70-44-72(68(61)62)66-16-6-4-14-64(66)70;/h3-16,21-40H,17-20H2,1-2H3;/q-2;. The van der Waals surface area contributed by atoms with E-state index in [9.17, 15) is 0 Å². The molecular formula is C68H48N4OPt-2. The number of hydrogen-bond donors (Lipinski definition) is 0. The van der Waals surface area contributed by atoms with Gasteiger partial charge in [-0.2, -0.15) is 0 Å². The van der Waals surface area contributed by atoms with Crippen LogP contribution in [0, 0.1) is 26.0 Å². The molecule has 5 nitrogen and oxygen atoms in total. The summed E-state index contributed by atoms with van der Waals surface area (Å²) in [6.07, 6.45) is 3.78. The van der Waals surface area contributed by atoms with Gasteiger partial charge in [0.25, 0.3) is 0 Å². The van der Waals surface area contributed by atoms with Crippen molar-refractivity contribution >= 4 is 53.8 Å². The number of benzene rings is 10. The van der Waals surface area contributed by atoms with Crippen LogP contribution in [-0.4, -0.2) is 8.29 Å². The van der Waals surface area contributed by atoms with E-state index in [1.807, 2.05) is 12.1 Å². The average molecular weight is 1130 g/mol. The predicted octanol–water partition coefficient (Wildman–Crippen LogP) is 16.4. The fraction of sp³-hybridized carbons (Fsp3) is 0.0882. The number of fused-ring (bicyclic) bond motifs is 14. The number of nitrogens with zero attached hydrogens (tertiary/aromatic N) is 4. The van der Waals surface area contributed by atoms with Gasteiger partial charge in [-0.15, -0.1) is 0 Å². The first-order valence-corrected chi connectivity index (χ1v) is 27.8. The molecule has 10 aromatic carbocycles. The van der Waals surface area contributed by atoms with Gasteiger partial charge in [0.05, 0.1) is 0 Å². The molecular weight excluding hydrogens is 1080 g/mol. The Morgan fingerprint density at radius 1 is 0.351 bits per heavy atom. The first kappa shape index (κ1) is 43.2. The van der Waals surface area contributed by atoms with E-state index >= 15 is 0 Å². The zero-order valence-electron chi connectivity index (χ0n) is 41.0. The molecule has 0 saturated carbocycles. The maximum atomic E-state index is 6.81. The second kappa shape index (κ2) is 17.1. The van der Waals surface area contributed by atoms with Crippen molar-refractivity contribution in [3.63, 3.8) is 0 Å². The molecule has 0 atom stereocenters. The summed E-state index contributed by atoms with van der Waals surface area (Å²) >= 11 is -1.24. The molecule has 0 aliphatic carbocycles. The molecule has 0 fully saturated rings. The van der Waals surface area contributed by atoms with Gasteiger partial charge in [-0.05, 0) is 0 Å². The Morgan fingerprint density at radius 2 is 0.662 bits per heavy atom. The zero-order chi connectivity index (χ0) is 49.0. The summed E-state index contributed by atoms with van der Waals surface area (Å²) in [6, 6.07) is 85.4. The van der Waals surface area contributed by atoms with Gasteiger partial charge in [0.15, 0.2) is 0 Å². The molecule has 358 valence electrons. The SMILES string of the molecule is Cc1cc2c3c(c1)-c1ccc(cc1)CCc1ccc(cc1)-c1cc(C)cc(c1N1[C]4=[Pt]=[C]5N(c6[c-]c(ccc6)Oc6[c-]c(ccc6)N4c4ccccc41)c1ccccc1N53)-c1ccc(cc1)CCc1ccc-2cc1. The molecule has 9 aliphatic rings. The summed E-state index contributed by atoms with van der Waals surface area (Å²) in [5.74, 6) is 1.27. The van der Waals surface area contributed by atoms with Crippen LogP contribution in [0.5, 0.6) is 11.5 Å². The Kier molecular flexibility index (Phi) is 10.0. The molecule has 0 spiro atoms. The van der Waals surface area contributed by atoms with Crippen molar-refractivity contribution in [3.05, 3.63) is 252 Å². The van der Waals surface area contributed by atoms with E-state index < -0.39 is 17.6 Å². The van der Waals surface area contributed by atoms with E-state index in [-0.39, 0.29) is 0 Å². The van der Waals surface area contributed by atoms with Crippen LogP contribution in [-0.2, 0) is 43.3 Å². The number of ether oxygens (including phenoxy) is 1. The summed E-state index contributed by atoms with van der Waals surface area (Å²) in [5, 5.41) is 0. The summed E-state index contributed by atoms with van der Waals surface area (Å²) in [6.45, 7) is 4.50. The van der Waals surface area contributed by atoms with Crippen LogP contribution >= 0.6 is 0 Å². The van der Waals surface area contributed by atoms with Gasteiger partial charge in [0.2, 0.25) is 0 Å². The first-order chi connectivity index (χ1) is 36.5. The molecule has 19 rings (SSSR count). The number of rotatable bonds is 0. The molecule has 6 heteroatoms. The van der Waals surface area contributed by atoms with Crippen molar-refractivity contribution < 1.29 is 22.4 Å². The fourth-order valence-corrected chi connectivity index (χ4v) is 15.2. The molecule has 74 heavy (non-hydrogen) atoms. The predicted molar refractivity (Wildman–Crippen MR) is 301 cm³/mol. The summed E-state index contributed by atoms with van der Waals surface area (Å²) in [4.78, 5) is 10.2. The van der Waals surface area contributed by atoms with Gasteiger partial charge in [-0.1, -0.05) is 0 Å². The maximum absolute atomic E-state index is 6.81. The molecule has 0 saturated heterocycles. The second-order valence-electron chi connectivity index (χ2n) is 20.0. The molecule has 10 aromatic rings. The third kappa shape index (κ3) is 7.09. The normalized spacial score (nSPS) is 14.7. The van der Waals surface area contributed by atoms with E-state index in [0.29, 0.717) is 11.5 Å². The number of hydrogen-bond acceptors (Lipinski definition) is 5. The number of anilines is 8. The Balaban J connectivity index is 1.18. The molecule has 0 radical (unpaired) electrons. The van der Waals surface area contributed by atoms with Crippen LogP contribution in [0.3, 0.4) is 0 Å². The monoisotopic (exact) mass is 1130 g/mol. The third-order valence-electron chi connectivity index (χ3n) is 15.2. The Hall–Kier alpha value is -8.37. The van der Waals surface area contributed by atoms with Gasteiger partial charge < -0.3 is 0 Å². The minimum atomic E-state index is -1.24. The quantitative estimate of drug-likeness (QED) is 0.141. The number of aryl methyl sites for hydroxylation is 6. The van der Waals surface area contributed by atoms with Crippen LogP contribution in [0.4, 0.5) is 45.5 Å². The van der Waals surface area contributed by atoms with Crippen LogP contribution < -0.4 is 24.3 Å². The number of para-hydroxylation sites is 4. The summed E-state index contributed by atoms with van der Waals surface area (Å²) < 4.78 is 9.16. The molecule has 9 aliphatic heterocycles. The molecule has 0 amide bonds. The van der Waals surface area contributed by atoms with E-state index in [1.54, 1.807) is 0 Å². The summed E-state index contributed by atoms with van der Waals surface area (Å²) in [7, 11) is 0. The topological polar surface area (TPSA) is 22.2 Å². The van der Waals surface area contributed by atoms with Gasteiger partial charge in [-0.3, -0.25) is 0 Å². The Bertz CT molecular complexity index is 3610. The molecule has 0 unspecified atom stereocenters. The van der Waals surface area contributed by atoms with E-state index in [2.05, 4.69) is 240 Å². The third-order valence-corrected chi connectivity index (χ3v) is 18.2. The van der Waals surface area contributed by atoms with E-state index in [1.165, 1.54) is 86.2 Å². The van der Waals surface area contributed by atoms with Crippen LogP contribution in [0.2, 0.25) is 0 Å². The van der Waals surface area contributed by atoms with E-state index in [4.69, 9.17) is 4.74 Å². The van der Waals surface area contributed by atoms with Crippen molar-refractivity contribution in [1.29, 1.82) is 0 Å². The first-order valence-electron chi connectivity index (χ1n) is 25.6. The van der Waals surface area contributed by atoms with Crippen LogP contribution in [0.25, 0.3) is 44.5 Å².